The van der Waals surface area contributed by atoms with E-state index < -0.39 is 5.41 Å². The molecule has 2 aliphatic rings. The number of benzene rings is 7. The second-order valence-electron chi connectivity index (χ2n) is 13.5. The van der Waals surface area contributed by atoms with Crippen molar-refractivity contribution in [2.45, 2.75) is 5.41 Å². The van der Waals surface area contributed by atoms with E-state index in [4.69, 9.17) is 15.0 Å². The van der Waals surface area contributed by atoms with E-state index in [2.05, 4.69) is 158 Å². The van der Waals surface area contributed by atoms with Crippen LogP contribution in [0.4, 0.5) is 0 Å². The van der Waals surface area contributed by atoms with E-state index in [1.165, 1.54) is 55.2 Å². The van der Waals surface area contributed by atoms with Crippen LogP contribution in [0, 0.1) is 0 Å². The van der Waals surface area contributed by atoms with Gasteiger partial charge in [0.05, 0.1) is 22.1 Å². The van der Waals surface area contributed by atoms with E-state index in [1.54, 1.807) is 0 Å². The molecular weight excluding hydrogens is 768 g/mol. The molecule has 0 unspecified atom stereocenters. The molecule has 4 nitrogen and oxygen atoms in total. The first-order chi connectivity index (χ1) is 25.6. The fourth-order valence-corrected chi connectivity index (χ4v) is 9.40. The number of aromatic nitrogens is 4. The molecule has 0 bridgehead atoms. The van der Waals surface area contributed by atoms with Crippen molar-refractivity contribution >= 4 is 53.7 Å². The lowest BCUT2D eigenvalue weighted by molar-refractivity contribution is 0.748. The maximum atomic E-state index is 5.16. The van der Waals surface area contributed by atoms with E-state index in [1.807, 2.05) is 36.4 Å². The van der Waals surface area contributed by atoms with Gasteiger partial charge in [-0.2, -0.15) is 0 Å². The van der Waals surface area contributed by atoms with Crippen LogP contribution in [-0.4, -0.2) is 19.5 Å². The molecule has 7 aromatic carbocycles. The second kappa shape index (κ2) is 11.2. The van der Waals surface area contributed by atoms with E-state index >= 15 is 0 Å². The number of nitrogens with zero attached hydrogens (tertiary/aromatic N) is 4. The Balaban J connectivity index is 1.27. The minimum Gasteiger partial charge on any atom is -0.309 e. The highest BCUT2D eigenvalue weighted by Gasteiger charge is 2.51. The van der Waals surface area contributed by atoms with Gasteiger partial charge >= 0.3 is 0 Å². The molecule has 2 aromatic heterocycles. The summed E-state index contributed by atoms with van der Waals surface area (Å²) in [6.07, 6.45) is 0. The van der Waals surface area contributed by atoms with E-state index in [0.717, 1.165) is 31.3 Å². The van der Waals surface area contributed by atoms with Crippen LogP contribution in [0.15, 0.2) is 167 Å². The second-order valence-corrected chi connectivity index (χ2v) is 15.3. The highest BCUT2D eigenvalue weighted by Crippen LogP contribution is 2.61. The van der Waals surface area contributed by atoms with Crippen molar-refractivity contribution in [1.29, 1.82) is 0 Å². The van der Waals surface area contributed by atoms with Gasteiger partial charge in [-0.1, -0.05) is 141 Å². The summed E-state index contributed by atoms with van der Waals surface area (Å²) in [6.45, 7) is 0. The van der Waals surface area contributed by atoms with Crippen molar-refractivity contribution in [1.82, 2.24) is 19.5 Å². The smallest absolute Gasteiger partial charge is 0.164 e. The lowest BCUT2D eigenvalue weighted by Gasteiger charge is -2.40. The first kappa shape index (κ1) is 30.0. The molecule has 0 saturated carbocycles. The standard InChI is InChI=1S/C46H26Br2N4/c47-30-19-21-36-34(25-30)35-26-31(48)20-22-37(35)46(36)38-16-9-15-33-32-14-7-8-17-40(32)52(42(33)38)41-23-18-29(24-39(41)46)45-50-43(27-10-3-1-4-11-27)49-44(51-45)28-12-5-2-6-13-28/h1-26H. The van der Waals surface area contributed by atoms with Crippen molar-refractivity contribution in [2.24, 2.45) is 0 Å². The highest BCUT2D eigenvalue weighted by molar-refractivity contribution is 9.10. The molecule has 244 valence electrons. The van der Waals surface area contributed by atoms with Crippen molar-refractivity contribution in [2.75, 3.05) is 0 Å². The van der Waals surface area contributed by atoms with Gasteiger partial charge in [0.15, 0.2) is 17.5 Å². The topological polar surface area (TPSA) is 43.6 Å². The zero-order chi connectivity index (χ0) is 34.6. The predicted molar refractivity (Wildman–Crippen MR) is 217 cm³/mol. The molecule has 3 heterocycles. The third kappa shape index (κ3) is 4.10. The molecule has 1 aliphatic heterocycles. The van der Waals surface area contributed by atoms with Crippen LogP contribution in [0.5, 0.6) is 0 Å². The molecule has 11 rings (SSSR count). The molecule has 0 atom stereocenters. The van der Waals surface area contributed by atoms with Crippen molar-refractivity contribution in [3.63, 3.8) is 0 Å². The van der Waals surface area contributed by atoms with Gasteiger partial charge in [-0.25, -0.2) is 15.0 Å². The minimum atomic E-state index is -0.598. The molecule has 9 aromatic rings. The summed E-state index contributed by atoms with van der Waals surface area (Å²) in [5.74, 6) is 1.93. The van der Waals surface area contributed by atoms with Gasteiger partial charge in [-0.15, -0.1) is 0 Å². The van der Waals surface area contributed by atoms with Crippen molar-refractivity contribution < 1.29 is 0 Å². The molecule has 0 radical (unpaired) electrons. The van der Waals surface area contributed by atoms with Gasteiger partial charge in [0.1, 0.15) is 0 Å². The number of halogens is 2. The Morgan fingerprint density at radius 2 is 0.981 bits per heavy atom. The predicted octanol–water partition coefficient (Wildman–Crippen LogP) is 12.2. The van der Waals surface area contributed by atoms with E-state index in [-0.39, 0.29) is 0 Å². The van der Waals surface area contributed by atoms with Crippen LogP contribution in [0.1, 0.15) is 22.3 Å². The molecule has 6 heteroatoms. The average Bonchev–Trinajstić information content (AvgIpc) is 3.68. The fraction of sp³-hybridized carbons (Fsp3) is 0.0217. The monoisotopic (exact) mass is 792 g/mol. The van der Waals surface area contributed by atoms with Gasteiger partial charge in [0.2, 0.25) is 0 Å². The zero-order valence-corrected chi connectivity index (χ0v) is 30.7. The van der Waals surface area contributed by atoms with Gasteiger partial charge < -0.3 is 4.57 Å². The van der Waals surface area contributed by atoms with Gasteiger partial charge in [-0.05, 0) is 81.9 Å². The summed E-state index contributed by atoms with van der Waals surface area (Å²) >= 11 is 7.63. The Bertz CT molecular complexity index is 2820. The molecule has 1 aliphatic carbocycles. The third-order valence-electron chi connectivity index (χ3n) is 10.8. The Kier molecular flexibility index (Phi) is 6.43. The summed E-state index contributed by atoms with van der Waals surface area (Å²) in [4.78, 5) is 15.3. The molecule has 0 amide bonds. The van der Waals surface area contributed by atoms with Gasteiger partial charge in [-0.3, -0.25) is 0 Å². The van der Waals surface area contributed by atoms with Crippen LogP contribution in [0.3, 0.4) is 0 Å². The molecule has 0 saturated heterocycles. The number of fused-ring (bicyclic) bond motifs is 12. The normalized spacial score (nSPS) is 13.3. The Morgan fingerprint density at radius 3 is 1.62 bits per heavy atom. The SMILES string of the molecule is Brc1ccc2c(c1)-c1cc(Br)ccc1C21c2cc(-c3nc(-c4ccccc4)nc(-c4ccccc4)n3)ccc2-n2c3ccccc3c3cccc1c32. The van der Waals surface area contributed by atoms with Crippen molar-refractivity contribution in [3.05, 3.63) is 189 Å². The average molecular weight is 795 g/mol. The maximum Gasteiger partial charge on any atom is 0.164 e. The Hall–Kier alpha value is -5.69. The first-order valence-corrected chi connectivity index (χ1v) is 18.8. The summed E-state index contributed by atoms with van der Waals surface area (Å²) in [7, 11) is 0. The molecule has 0 N–H and O–H groups in total. The molecular formula is C46H26Br2N4. The van der Waals surface area contributed by atoms with Crippen LogP contribution < -0.4 is 0 Å². The maximum absolute atomic E-state index is 5.16. The number of hydrogen-bond donors (Lipinski definition) is 0. The molecule has 1 spiro atoms. The summed E-state index contributed by atoms with van der Waals surface area (Å²) in [5, 5.41) is 2.50. The van der Waals surface area contributed by atoms with Crippen molar-refractivity contribution in [3.8, 4) is 51.0 Å². The van der Waals surface area contributed by atoms with E-state index in [9.17, 15) is 0 Å². The quantitative estimate of drug-likeness (QED) is 0.179. The van der Waals surface area contributed by atoms with Crippen LogP contribution in [0.2, 0.25) is 0 Å². The minimum absolute atomic E-state index is 0.598. The van der Waals surface area contributed by atoms with Crippen LogP contribution >= 0.6 is 31.9 Å². The van der Waals surface area contributed by atoms with Gasteiger partial charge in [0.25, 0.3) is 0 Å². The highest BCUT2D eigenvalue weighted by atomic mass is 79.9. The largest absolute Gasteiger partial charge is 0.309 e. The lowest BCUT2D eigenvalue weighted by atomic mass is 9.65. The van der Waals surface area contributed by atoms with Gasteiger partial charge in [0, 0.05) is 36.4 Å². The lowest BCUT2D eigenvalue weighted by Crippen LogP contribution is -2.33. The summed E-state index contributed by atoms with van der Waals surface area (Å²) in [5.41, 5.74) is 13.2. The fourth-order valence-electron chi connectivity index (χ4n) is 8.68. The first-order valence-electron chi connectivity index (χ1n) is 17.2. The Morgan fingerprint density at radius 1 is 0.423 bits per heavy atom. The number of para-hydroxylation sites is 2. The van der Waals surface area contributed by atoms with E-state index in [0.29, 0.717) is 17.5 Å². The zero-order valence-electron chi connectivity index (χ0n) is 27.6. The molecule has 0 fully saturated rings. The molecule has 52 heavy (non-hydrogen) atoms. The summed E-state index contributed by atoms with van der Waals surface area (Å²) < 4.78 is 4.58. The van der Waals surface area contributed by atoms with Crippen LogP contribution in [0.25, 0.3) is 72.8 Å². The number of rotatable bonds is 3. The van der Waals surface area contributed by atoms with Crippen LogP contribution in [-0.2, 0) is 5.41 Å². The summed E-state index contributed by atoms with van der Waals surface area (Å²) in [6, 6.07) is 56.2. The number of hydrogen-bond acceptors (Lipinski definition) is 3. The Labute approximate surface area is 316 Å². The third-order valence-corrected chi connectivity index (χ3v) is 11.7.